The summed E-state index contributed by atoms with van der Waals surface area (Å²) in [7, 11) is 4.10. The predicted molar refractivity (Wildman–Crippen MR) is 77.8 cm³/mol. The fourth-order valence-electron chi connectivity index (χ4n) is 2.58. The molecule has 1 aliphatic rings. The molecule has 0 radical (unpaired) electrons. The molecule has 110 valence electrons. The van der Waals surface area contributed by atoms with Crippen molar-refractivity contribution in [1.29, 1.82) is 0 Å². The van der Waals surface area contributed by atoms with Gasteiger partial charge in [0.2, 0.25) is 0 Å². The number of nitrogens with two attached hydrogens (primary N) is 1. The number of amidine groups is 1. The maximum atomic E-state index is 14.2. The summed E-state index contributed by atoms with van der Waals surface area (Å²) in [6.07, 6.45) is 2.18. The zero-order chi connectivity index (χ0) is 14.7. The number of hydrogen-bond acceptors (Lipinski definition) is 4. The molecule has 6 heteroatoms. The predicted octanol–water partition coefficient (Wildman–Crippen LogP) is 1.45. The number of piperidine rings is 1. The molecule has 1 fully saturated rings. The highest BCUT2D eigenvalue weighted by Gasteiger charge is 2.23. The molecule has 1 aliphatic heterocycles. The van der Waals surface area contributed by atoms with Crippen LogP contribution >= 0.6 is 0 Å². The van der Waals surface area contributed by atoms with Crippen molar-refractivity contribution in [3.05, 3.63) is 29.6 Å². The lowest BCUT2D eigenvalue weighted by Gasteiger charge is -2.37. The number of nitrogens with zero attached hydrogens (tertiary/aromatic N) is 3. The second-order valence-corrected chi connectivity index (χ2v) is 5.36. The van der Waals surface area contributed by atoms with Crippen molar-refractivity contribution in [2.24, 2.45) is 10.9 Å². The van der Waals surface area contributed by atoms with Crippen LogP contribution in [0.25, 0.3) is 0 Å². The molecule has 1 atom stereocenters. The summed E-state index contributed by atoms with van der Waals surface area (Å²) in [5, 5.41) is 11.5. The summed E-state index contributed by atoms with van der Waals surface area (Å²) in [6, 6.07) is 5.11. The van der Waals surface area contributed by atoms with E-state index < -0.39 is 0 Å². The first-order valence-electron chi connectivity index (χ1n) is 6.71. The van der Waals surface area contributed by atoms with Crippen molar-refractivity contribution >= 4 is 11.5 Å². The molecule has 0 aromatic heterocycles. The molecule has 0 bridgehead atoms. The topological polar surface area (TPSA) is 65.1 Å². The van der Waals surface area contributed by atoms with Crippen LogP contribution in [0.5, 0.6) is 0 Å². The summed E-state index contributed by atoms with van der Waals surface area (Å²) in [5.41, 5.74) is 6.43. The van der Waals surface area contributed by atoms with E-state index in [1.165, 1.54) is 6.07 Å². The van der Waals surface area contributed by atoms with E-state index in [0.29, 0.717) is 17.3 Å². The number of hydrogen-bond donors (Lipinski definition) is 2. The monoisotopic (exact) mass is 280 g/mol. The van der Waals surface area contributed by atoms with E-state index in [9.17, 15) is 4.39 Å². The maximum absolute atomic E-state index is 14.2. The minimum absolute atomic E-state index is 0.0831. The summed E-state index contributed by atoms with van der Waals surface area (Å²) in [5.74, 6) is -0.422. The van der Waals surface area contributed by atoms with Crippen LogP contribution < -0.4 is 10.6 Å². The number of rotatable bonds is 3. The van der Waals surface area contributed by atoms with Gasteiger partial charge < -0.3 is 20.7 Å². The summed E-state index contributed by atoms with van der Waals surface area (Å²) in [4.78, 5) is 4.23. The van der Waals surface area contributed by atoms with Crippen LogP contribution in [0.3, 0.4) is 0 Å². The Labute approximate surface area is 118 Å². The Bertz CT molecular complexity index is 504. The lowest BCUT2D eigenvalue weighted by molar-refractivity contribution is 0.257. The van der Waals surface area contributed by atoms with Crippen molar-refractivity contribution in [3.63, 3.8) is 0 Å². The fourth-order valence-corrected chi connectivity index (χ4v) is 2.58. The fraction of sp³-hybridized carbons (Fsp3) is 0.500. The van der Waals surface area contributed by atoms with E-state index in [0.717, 1.165) is 25.9 Å². The van der Waals surface area contributed by atoms with Crippen molar-refractivity contribution in [1.82, 2.24) is 4.90 Å². The van der Waals surface area contributed by atoms with Crippen LogP contribution in [0.1, 0.15) is 18.4 Å². The summed E-state index contributed by atoms with van der Waals surface area (Å²) in [6.45, 7) is 1.66. The highest BCUT2D eigenvalue weighted by molar-refractivity contribution is 5.97. The third-order valence-corrected chi connectivity index (χ3v) is 3.82. The quantitative estimate of drug-likeness (QED) is 0.381. The zero-order valence-corrected chi connectivity index (χ0v) is 11.9. The molecule has 5 nitrogen and oxygen atoms in total. The van der Waals surface area contributed by atoms with E-state index in [-0.39, 0.29) is 11.7 Å². The average molecular weight is 280 g/mol. The molecule has 1 saturated heterocycles. The number of likely N-dealkylation sites (N-methyl/N-ethyl adjacent to an activating group) is 1. The highest BCUT2D eigenvalue weighted by atomic mass is 19.1. The normalized spacial score (nSPS) is 20.5. The number of oxime groups is 1. The molecule has 0 amide bonds. The Morgan fingerprint density at radius 1 is 1.50 bits per heavy atom. The van der Waals surface area contributed by atoms with Gasteiger partial charge in [0.05, 0.1) is 5.69 Å². The van der Waals surface area contributed by atoms with Gasteiger partial charge in [-0.05, 0) is 45.1 Å². The standard InChI is InChI=1S/C14H21FN4O/c1-18(2)11-4-3-7-19(9-11)13-6-5-10(8-12(13)15)14(16)17-20/h5-6,8,11,20H,3-4,7,9H2,1-2H3,(H2,16,17). The first kappa shape index (κ1) is 14.6. The van der Waals surface area contributed by atoms with Gasteiger partial charge >= 0.3 is 0 Å². The smallest absolute Gasteiger partial charge is 0.170 e. The maximum Gasteiger partial charge on any atom is 0.170 e. The molecular formula is C14H21FN4O. The molecule has 0 spiro atoms. The highest BCUT2D eigenvalue weighted by Crippen LogP contribution is 2.25. The number of anilines is 1. The Balaban J connectivity index is 2.20. The van der Waals surface area contributed by atoms with Crippen molar-refractivity contribution in [2.45, 2.75) is 18.9 Å². The van der Waals surface area contributed by atoms with Gasteiger partial charge in [0.25, 0.3) is 0 Å². The van der Waals surface area contributed by atoms with Crippen LogP contribution in [0.4, 0.5) is 10.1 Å². The molecule has 1 unspecified atom stereocenters. The van der Waals surface area contributed by atoms with Crippen molar-refractivity contribution in [3.8, 4) is 0 Å². The Kier molecular flexibility index (Phi) is 4.44. The lowest BCUT2D eigenvalue weighted by atomic mass is 10.0. The number of halogens is 1. The Hall–Kier alpha value is -1.82. The second kappa shape index (κ2) is 6.09. The molecule has 1 aromatic rings. The molecular weight excluding hydrogens is 259 g/mol. The minimum Gasteiger partial charge on any atom is -0.409 e. The molecule has 1 heterocycles. The van der Waals surface area contributed by atoms with Gasteiger partial charge in [-0.2, -0.15) is 0 Å². The van der Waals surface area contributed by atoms with Crippen molar-refractivity contribution in [2.75, 3.05) is 32.1 Å². The third-order valence-electron chi connectivity index (χ3n) is 3.82. The van der Waals surface area contributed by atoms with Gasteiger partial charge in [-0.25, -0.2) is 4.39 Å². The van der Waals surface area contributed by atoms with E-state index >= 15 is 0 Å². The van der Waals surface area contributed by atoms with E-state index in [4.69, 9.17) is 10.9 Å². The van der Waals surface area contributed by atoms with Crippen LogP contribution in [-0.2, 0) is 0 Å². The Morgan fingerprint density at radius 3 is 2.85 bits per heavy atom. The molecule has 20 heavy (non-hydrogen) atoms. The molecule has 3 N–H and O–H groups in total. The van der Waals surface area contributed by atoms with E-state index in [2.05, 4.69) is 15.0 Å². The van der Waals surface area contributed by atoms with Gasteiger partial charge in [-0.15, -0.1) is 0 Å². The molecule has 2 rings (SSSR count). The SMILES string of the molecule is CN(C)C1CCCN(c2ccc(C(N)=NO)cc2F)C1. The van der Waals surface area contributed by atoms with Gasteiger partial charge in [0, 0.05) is 24.7 Å². The first-order valence-corrected chi connectivity index (χ1v) is 6.71. The van der Waals surface area contributed by atoms with Gasteiger partial charge in [-0.1, -0.05) is 5.16 Å². The van der Waals surface area contributed by atoms with E-state index in [1.807, 2.05) is 14.1 Å². The molecule has 1 aromatic carbocycles. The Morgan fingerprint density at radius 2 is 2.25 bits per heavy atom. The third kappa shape index (κ3) is 3.01. The number of benzene rings is 1. The van der Waals surface area contributed by atoms with Crippen LogP contribution in [0, 0.1) is 5.82 Å². The summed E-state index contributed by atoms with van der Waals surface area (Å²) < 4.78 is 14.2. The largest absolute Gasteiger partial charge is 0.409 e. The molecule has 0 saturated carbocycles. The minimum atomic E-state index is -0.339. The zero-order valence-electron chi connectivity index (χ0n) is 11.9. The van der Waals surface area contributed by atoms with Crippen LogP contribution in [-0.4, -0.2) is 49.2 Å². The van der Waals surface area contributed by atoms with E-state index in [1.54, 1.807) is 12.1 Å². The lowest BCUT2D eigenvalue weighted by Crippen LogP contribution is -2.45. The second-order valence-electron chi connectivity index (χ2n) is 5.36. The average Bonchev–Trinajstić information content (AvgIpc) is 2.46. The van der Waals surface area contributed by atoms with Crippen LogP contribution in [0.2, 0.25) is 0 Å². The van der Waals surface area contributed by atoms with Gasteiger partial charge in [0.15, 0.2) is 5.84 Å². The van der Waals surface area contributed by atoms with Gasteiger partial charge in [-0.3, -0.25) is 0 Å². The summed E-state index contributed by atoms with van der Waals surface area (Å²) >= 11 is 0. The molecule has 0 aliphatic carbocycles. The first-order chi connectivity index (χ1) is 9.52. The van der Waals surface area contributed by atoms with Crippen molar-refractivity contribution < 1.29 is 9.60 Å². The van der Waals surface area contributed by atoms with Gasteiger partial charge in [0.1, 0.15) is 5.82 Å². The van der Waals surface area contributed by atoms with Crippen LogP contribution in [0.15, 0.2) is 23.4 Å².